The van der Waals surface area contributed by atoms with E-state index in [2.05, 4.69) is 28.8 Å². The van der Waals surface area contributed by atoms with Crippen molar-refractivity contribution in [2.75, 3.05) is 6.26 Å². The second kappa shape index (κ2) is 4.68. The molecule has 3 nitrogen and oxygen atoms in total. The van der Waals surface area contributed by atoms with Crippen molar-refractivity contribution >= 4 is 17.6 Å². The van der Waals surface area contributed by atoms with Crippen molar-refractivity contribution in [2.24, 2.45) is 10.8 Å². The van der Waals surface area contributed by atoms with Crippen molar-refractivity contribution in [3.8, 4) is 0 Å². The fourth-order valence-corrected chi connectivity index (χ4v) is 1.74. The molecule has 3 N–H and O–H groups in total. The van der Waals surface area contributed by atoms with E-state index in [0.717, 1.165) is 11.4 Å². The third kappa shape index (κ3) is 2.73. The maximum absolute atomic E-state index is 5.47. The summed E-state index contributed by atoms with van der Waals surface area (Å²) in [5.74, 6) is 6.26. The van der Waals surface area contributed by atoms with Crippen LogP contribution < -0.4 is 11.3 Å². The Morgan fingerprint density at radius 1 is 1.40 bits per heavy atom. The zero-order valence-electron chi connectivity index (χ0n) is 8.73. The number of hydrogen-bond acceptors (Lipinski definition) is 3. The number of nitrogens with one attached hydrogen (secondary N) is 1. The number of nitrogens with two attached hydrogens (primary N) is 1. The van der Waals surface area contributed by atoms with Crippen molar-refractivity contribution in [1.29, 1.82) is 0 Å². The second-order valence-electron chi connectivity index (χ2n) is 3.58. The van der Waals surface area contributed by atoms with Crippen molar-refractivity contribution in [2.45, 2.75) is 23.8 Å². The van der Waals surface area contributed by atoms with Gasteiger partial charge in [0.2, 0.25) is 0 Å². The van der Waals surface area contributed by atoms with Crippen LogP contribution in [-0.2, 0) is 0 Å². The highest BCUT2D eigenvalue weighted by Gasteiger charge is 2.21. The fourth-order valence-electron chi connectivity index (χ4n) is 1.33. The maximum Gasteiger partial charge on any atom is 0.142 e. The Hall–Kier alpha value is -1.00. The average molecular weight is 221 g/mol. The van der Waals surface area contributed by atoms with Gasteiger partial charge in [0.25, 0.3) is 0 Å². The summed E-state index contributed by atoms with van der Waals surface area (Å²) < 4.78 is 0. The molecule has 80 valence electrons. The van der Waals surface area contributed by atoms with Crippen molar-refractivity contribution in [1.82, 2.24) is 5.43 Å². The summed E-state index contributed by atoms with van der Waals surface area (Å²) in [4.78, 5) is 5.76. The molecule has 0 amide bonds. The molecular formula is C11H15N3S. The first-order valence-corrected chi connectivity index (χ1v) is 6.25. The first-order chi connectivity index (χ1) is 7.33. The van der Waals surface area contributed by atoms with E-state index < -0.39 is 0 Å². The number of benzene rings is 1. The van der Waals surface area contributed by atoms with Gasteiger partial charge in [0, 0.05) is 10.5 Å². The van der Waals surface area contributed by atoms with Gasteiger partial charge in [-0.15, -0.1) is 11.8 Å². The van der Waals surface area contributed by atoms with E-state index in [-0.39, 0.29) is 0 Å². The van der Waals surface area contributed by atoms with Crippen molar-refractivity contribution in [3.05, 3.63) is 29.8 Å². The lowest BCUT2D eigenvalue weighted by molar-refractivity contribution is 0.971. The summed E-state index contributed by atoms with van der Waals surface area (Å²) in [6.45, 7) is 0. The molecule has 0 heterocycles. The molecule has 1 aromatic rings. The Balaban J connectivity index is 2.18. The molecule has 1 fully saturated rings. The Labute approximate surface area is 94.1 Å². The lowest BCUT2D eigenvalue weighted by atomic mass is 10.2. The van der Waals surface area contributed by atoms with E-state index in [4.69, 9.17) is 5.84 Å². The third-order valence-corrected chi connectivity index (χ3v) is 3.10. The van der Waals surface area contributed by atoms with E-state index in [1.165, 1.54) is 17.7 Å². The van der Waals surface area contributed by atoms with Crippen LogP contribution in [0.1, 0.15) is 18.4 Å². The summed E-state index contributed by atoms with van der Waals surface area (Å²) in [5, 5.41) is 0. The minimum absolute atomic E-state index is 0.483. The van der Waals surface area contributed by atoms with E-state index >= 15 is 0 Å². The van der Waals surface area contributed by atoms with Crippen molar-refractivity contribution < 1.29 is 0 Å². The van der Waals surface area contributed by atoms with Gasteiger partial charge in [-0.3, -0.25) is 4.99 Å². The number of amidine groups is 1. The van der Waals surface area contributed by atoms with Crippen LogP contribution in [0.2, 0.25) is 0 Å². The number of thioether (sulfide) groups is 1. The second-order valence-corrected chi connectivity index (χ2v) is 4.46. The zero-order chi connectivity index (χ0) is 10.7. The van der Waals surface area contributed by atoms with Gasteiger partial charge in [-0.25, -0.2) is 5.84 Å². The van der Waals surface area contributed by atoms with Crippen LogP contribution in [-0.4, -0.2) is 18.1 Å². The molecule has 0 aliphatic heterocycles. The molecule has 0 aromatic heterocycles. The van der Waals surface area contributed by atoms with E-state index in [9.17, 15) is 0 Å². The van der Waals surface area contributed by atoms with Crippen LogP contribution >= 0.6 is 11.8 Å². The molecule has 15 heavy (non-hydrogen) atoms. The molecular weight excluding hydrogens is 206 g/mol. The predicted molar refractivity (Wildman–Crippen MR) is 65.1 cm³/mol. The topological polar surface area (TPSA) is 50.4 Å². The number of hydrogen-bond donors (Lipinski definition) is 2. The van der Waals surface area contributed by atoms with Gasteiger partial charge in [-0.1, -0.05) is 12.1 Å². The standard InChI is InChI=1S/C11H15N3S/c1-15-10-6-2-8(3-7-10)11(14-12)13-9-4-5-9/h2-3,6-7,9H,4-5,12H2,1H3,(H,13,14). The highest BCUT2D eigenvalue weighted by atomic mass is 32.2. The minimum Gasteiger partial charge on any atom is -0.308 e. The number of nitrogens with zero attached hydrogens (tertiary/aromatic N) is 1. The molecule has 2 rings (SSSR count). The Morgan fingerprint density at radius 3 is 2.53 bits per heavy atom. The molecule has 0 bridgehead atoms. The van der Waals surface area contributed by atoms with E-state index in [1.807, 2.05) is 12.1 Å². The van der Waals surface area contributed by atoms with Crippen LogP contribution in [0.3, 0.4) is 0 Å². The molecule has 1 aliphatic rings. The van der Waals surface area contributed by atoms with Gasteiger partial charge in [-0.05, 0) is 31.2 Å². The van der Waals surface area contributed by atoms with Gasteiger partial charge in [-0.2, -0.15) is 0 Å². The number of aliphatic imine (C=N–C) groups is 1. The first-order valence-electron chi connectivity index (χ1n) is 5.02. The maximum atomic E-state index is 5.47. The molecule has 0 saturated heterocycles. The van der Waals surface area contributed by atoms with E-state index in [0.29, 0.717) is 6.04 Å². The van der Waals surface area contributed by atoms with Gasteiger partial charge < -0.3 is 5.43 Å². The highest BCUT2D eigenvalue weighted by molar-refractivity contribution is 7.98. The monoisotopic (exact) mass is 221 g/mol. The zero-order valence-corrected chi connectivity index (χ0v) is 9.55. The number of hydrazine groups is 1. The Kier molecular flexibility index (Phi) is 3.28. The quantitative estimate of drug-likeness (QED) is 0.269. The molecule has 4 heteroatoms. The lowest BCUT2D eigenvalue weighted by Crippen LogP contribution is -2.31. The Bertz CT molecular complexity index is 355. The molecule has 1 aliphatic carbocycles. The fraction of sp³-hybridized carbons (Fsp3) is 0.364. The Morgan fingerprint density at radius 2 is 2.07 bits per heavy atom. The van der Waals surface area contributed by atoms with Crippen molar-refractivity contribution in [3.63, 3.8) is 0 Å². The van der Waals surface area contributed by atoms with E-state index in [1.54, 1.807) is 11.8 Å². The normalized spacial score (nSPS) is 16.5. The smallest absolute Gasteiger partial charge is 0.142 e. The minimum atomic E-state index is 0.483. The molecule has 0 unspecified atom stereocenters. The largest absolute Gasteiger partial charge is 0.308 e. The number of rotatable bonds is 3. The van der Waals surface area contributed by atoms with Crippen LogP contribution in [0.15, 0.2) is 34.2 Å². The SMILES string of the molecule is CSc1ccc(C(=NC2CC2)NN)cc1. The summed E-state index contributed by atoms with van der Waals surface area (Å²) in [5.41, 5.74) is 3.73. The molecule has 0 radical (unpaired) electrons. The first kappa shape index (κ1) is 10.5. The van der Waals surface area contributed by atoms with Crippen LogP contribution in [0.5, 0.6) is 0 Å². The van der Waals surface area contributed by atoms with Gasteiger partial charge in [0.1, 0.15) is 5.84 Å². The highest BCUT2D eigenvalue weighted by Crippen LogP contribution is 2.24. The molecule has 1 saturated carbocycles. The molecule has 0 atom stereocenters. The van der Waals surface area contributed by atoms with Gasteiger partial charge in [0.15, 0.2) is 0 Å². The molecule has 0 spiro atoms. The summed E-state index contributed by atoms with van der Waals surface area (Å²) >= 11 is 1.73. The van der Waals surface area contributed by atoms with Crippen LogP contribution in [0, 0.1) is 0 Å². The third-order valence-electron chi connectivity index (χ3n) is 2.36. The average Bonchev–Trinajstić information content (AvgIpc) is 3.10. The molecule has 1 aromatic carbocycles. The van der Waals surface area contributed by atoms with Crippen LogP contribution in [0.4, 0.5) is 0 Å². The summed E-state index contributed by atoms with van der Waals surface area (Å²) in [6.07, 6.45) is 4.44. The predicted octanol–water partition coefficient (Wildman–Crippen LogP) is 1.78. The summed E-state index contributed by atoms with van der Waals surface area (Å²) in [6, 6.07) is 8.75. The summed E-state index contributed by atoms with van der Waals surface area (Å²) in [7, 11) is 0. The lowest BCUT2D eigenvalue weighted by Gasteiger charge is -2.06. The van der Waals surface area contributed by atoms with Gasteiger partial charge in [0.05, 0.1) is 6.04 Å². The van der Waals surface area contributed by atoms with Crippen LogP contribution in [0.25, 0.3) is 0 Å². The van der Waals surface area contributed by atoms with Gasteiger partial charge >= 0.3 is 0 Å².